The first-order valence-electron chi connectivity index (χ1n) is 2.65. The molecule has 0 spiro atoms. The molecular weight excluding hydrogens is 187 g/mol. The molecule has 0 atom stereocenters. The molecule has 0 saturated carbocycles. The predicted molar refractivity (Wildman–Crippen MR) is 31.7 cm³/mol. The van der Waals surface area contributed by atoms with Gasteiger partial charge in [0.25, 0.3) is 0 Å². The Morgan fingerprint density at radius 2 is 1.92 bits per heavy atom. The van der Waals surface area contributed by atoms with E-state index >= 15 is 0 Å². The zero-order valence-electron chi connectivity index (χ0n) is 5.71. The van der Waals surface area contributed by atoms with Gasteiger partial charge in [-0.15, -0.1) is 0 Å². The zero-order chi connectivity index (χ0) is 9.61. The molecule has 0 aliphatic carbocycles. The molecule has 0 N–H and O–H groups in total. The molecule has 0 fully saturated rings. The Morgan fingerprint density at radius 1 is 1.42 bits per heavy atom. The van der Waals surface area contributed by atoms with Gasteiger partial charge in [0.15, 0.2) is 12.0 Å². The van der Waals surface area contributed by atoms with Crippen molar-refractivity contribution in [2.24, 2.45) is 0 Å². The van der Waals surface area contributed by atoms with Gasteiger partial charge in [0, 0.05) is 0 Å². The molecule has 0 bridgehead atoms. The molecule has 0 saturated heterocycles. The van der Waals surface area contributed by atoms with E-state index in [1.807, 2.05) is 0 Å². The van der Waals surface area contributed by atoms with Gasteiger partial charge in [0.2, 0.25) is 0 Å². The number of aldehydes is 1. The highest BCUT2D eigenvalue weighted by atomic mass is 31.2. The van der Waals surface area contributed by atoms with Crippen LogP contribution in [-0.2, 0) is 4.57 Å². The third-order valence-electron chi connectivity index (χ3n) is 0.659. The first-order valence-corrected chi connectivity index (χ1v) is 4.11. The lowest BCUT2D eigenvalue weighted by atomic mass is 10.5. The largest absolute Gasteiger partial charge is 0.822 e. The highest BCUT2D eigenvalue weighted by molar-refractivity contribution is 7.40. The van der Waals surface area contributed by atoms with Gasteiger partial charge in [-0.25, -0.2) is 0 Å². The Labute approximate surface area is 67.7 Å². The van der Waals surface area contributed by atoms with Gasteiger partial charge in [-0.2, -0.15) is 7.82 Å². The molecule has 1 rings (SSSR count). The van der Waals surface area contributed by atoms with E-state index in [2.05, 4.69) is 4.42 Å². The van der Waals surface area contributed by atoms with Gasteiger partial charge in [-0.1, -0.05) is 0 Å². The second-order valence-electron chi connectivity index (χ2n) is 1.58. The van der Waals surface area contributed by atoms with E-state index in [4.69, 9.17) is 19.2 Å². The minimum absolute atomic E-state index is 0.375. The van der Waals surface area contributed by atoms with Gasteiger partial charge in [0.05, 0.1) is 6.26 Å². The number of hydrogen-bond acceptors (Lipinski definition) is 6. The lowest BCUT2D eigenvalue weighted by Gasteiger charge is -2.36. The van der Waals surface area contributed by atoms with Crippen molar-refractivity contribution in [1.82, 2.24) is 0 Å². The molecule has 1 aromatic rings. The predicted octanol–water partition coefficient (Wildman–Crippen LogP) is -1.73. The van der Waals surface area contributed by atoms with Crippen LogP contribution in [0.2, 0.25) is 0 Å². The van der Waals surface area contributed by atoms with Crippen molar-refractivity contribution in [1.29, 1.82) is 0 Å². The second-order valence-corrected chi connectivity index (χ2v) is 2.47. The quantitative estimate of drug-likeness (QED) is 0.384. The summed E-state index contributed by atoms with van der Waals surface area (Å²) in [6, 6.07) is 3.27. The second kappa shape index (κ2) is 4.84. The average Bonchev–Trinajstić information content (AvgIpc) is 2.33. The summed E-state index contributed by atoms with van der Waals surface area (Å²) in [7, 11) is -5.39. The molecular formula is C5H4O6P-3. The first kappa shape index (κ1) is 11.1. The van der Waals surface area contributed by atoms with Gasteiger partial charge >= 0.3 is 0 Å². The number of furan rings is 1. The molecule has 0 radical (unpaired) electrons. The van der Waals surface area contributed by atoms with E-state index in [-0.39, 0.29) is 0 Å². The third kappa shape index (κ3) is 9.06. The Kier molecular flexibility index (Phi) is 4.46. The van der Waals surface area contributed by atoms with Crippen LogP contribution in [0.15, 0.2) is 22.8 Å². The SMILES string of the molecule is O=Cc1ccco1.O=P([O-])([O-])[O-]. The van der Waals surface area contributed by atoms with Crippen LogP contribution in [0.25, 0.3) is 0 Å². The highest BCUT2D eigenvalue weighted by Crippen LogP contribution is 2.03. The van der Waals surface area contributed by atoms with Crippen molar-refractivity contribution in [3.05, 3.63) is 24.2 Å². The maximum Gasteiger partial charge on any atom is 0.185 e. The van der Waals surface area contributed by atoms with Gasteiger partial charge in [-0.3, -0.25) is 4.79 Å². The van der Waals surface area contributed by atoms with Crippen molar-refractivity contribution >= 4 is 14.1 Å². The summed E-state index contributed by atoms with van der Waals surface area (Å²) in [6.07, 6.45) is 2.13. The van der Waals surface area contributed by atoms with E-state index in [1.165, 1.54) is 6.26 Å². The molecule has 6 nitrogen and oxygen atoms in total. The molecule has 7 heteroatoms. The van der Waals surface area contributed by atoms with Crippen LogP contribution in [0.3, 0.4) is 0 Å². The lowest BCUT2D eigenvalue weighted by molar-refractivity contribution is -0.432. The topological polar surface area (TPSA) is 116 Å². The number of phosphoric acid groups is 1. The molecule has 0 aliphatic heterocycles. The number of rotatable bonds is 1. The molecule has 68 valence electrons. The van der Waals surface area contributed by atoms with Crippen LogP contribution < -0.4 is 14.7 Å². The smallest absolute Gasteiger partial charge is 0.185 e. The summed E-state index contributed by atoms with van der Waals surface area (Å²) in [5.41, 5.74) is 0. The normalized spacial score (nSPS) is 9.92. The summed E-state index contributed by atoms with van der Waals surface area (Å²) >= 11 is 0. The van der Waals surface area contributed by atoms with Crippen molar-refractivity contribution in [2.75, 3.05) is 0 Å². The summed E-state index contributed by atoms with van der Waals surface area (Å²) in [6.45, 7) is 0. The number of carbonyl (C=O) groups is 1. The minimum Gasteiger partial charge on any atom is -0.822 e. The van der Waals surface area contributed by atoms with Crippen LogP contribution in [0.4, 0.5) is 0 Å². The fraction of sp³-hybridized carbons (Fsp3) is 0. The number of carbonyl (C=O) groups excluding carboxylic acids is 1. The fourth-order valence-corrected chi connectivity index (χ4v) is 0.358. The van der Waals surface area contributed by atoms with Crippen LogP contribution >= 0.6 is 7.82 Å². The molecule has 0 amide bonds. The summed E-state index contributed by atoms with van der Waals surface area (Å²) in [4.78, 5) is 35.4. The van der Waals surface area contributed by atoms with E-state index in [0.29, 0.717) is 12.0 Å². The molecule has 0 unspecified atom stereocenters. The van der Waals surface area contributed by atoms with Gasteiger partial charge < -0.3 is 23.7 Å². The first-order chi connectivity index (χ1) is 5.43. The highest BCUT2D eigenvalue weighted by Gasteiger charge is 1.84. The van der Waals surface area contributed by atoms with Crippen LogP contribution in [-0.4, -0.2) is 6.29 Å². The third-order valence-corrected chi connectivity index (χ3v) is 0.659. The number of hydrogen-bond donors (Lipinski definition) is 0. The Balaban J connectivity index is 0.000000217. The van der Waals surface area contributed by atoms with Crippen molar-refractivity contribution in [3.63, 3.8) is 0 Å². The maximum atomic E-state index is 9.77. The Hall–Kier alpha value is -0.940. The summed E-state index contributed by atoms with van der Waals surface area (Å²) < 4.78 is 13.2. The monoisotopic (exact) mass is 191 g/mol. The standard InChI is InChI=1S/C5H4O2.H3O4P/c6-4-5-2-1-3-7-5;1-5(2,3)4/h1-4H;(H3,1,2,3,4)/p-3. The molecule has 0 aromatic carbocycles. The van der Waals surface area contributed by atoms with Crippen LogP contribution in [0.1, 0.15) is 10.6 Å². The summed E-state index contributed by atoms with van der Waals surface area (Å²) in [5.74, 6) is 0.375. The molecule has 12 heavy (non-hydrogen) atoms. The minimum atomic E-state index is -5.39. The maximum absolute atomic E-state index is 9.77. The van der Waals surface area contributed by atoms with Crippen molar-refractivity contribution in [3.8, 4) is 0 Å². The van der Waals surface area contributed by atoms with E-state index < -0.39 is 7.82 Å². The Bertz CT molecular complexity index is 251. The van der Waals surface area contributed by atoms with E-state index in [1.54, 1.807) is 12.1 Å². The fourth-order valence-electron chi connectivity index (χ4n) is 0.358. The molecule has 0 aliphatic rings. The van der Waals surface area contributed by atoms with Crippen molar-refractivity contribution < 1.29 is 28.5 Å². The Morgan fingerprint density at radius 3 is 2.08 bits per heavy atom. The summed E-state index contributed by atoms with van der Waals surface area (Å²) in [5, 5.41) is 0. The van der Waals surface area contributed by atoms with E-state index in [9.17, 15) is 4.79 Å². The van der Waals surface area contributed by atoms with Crippen LogP contribution in [0, 0.1) is 0 Å². The zero-order valence-corrected chi connectivity index (χ0v) is 6.60. The van der Waals surface area contributed by atoms with Gasteiger partial charge in [-0.05, 0) is 12.1 Å². The average molecular weight is 191 g/mol. The van der Waals surface area contributed by atoms with Gasteiger partial charge in [0.1, 0.15) is 0 Å². The lowest BCUT2D eigenvalue weighted by Crippen LogP contribution is -2.24. The van der Waals surface area contributed by atoms with Crippen molar-refractivity contribution in [2.45, 2.75) is 0 Å². The molecule has 1 heterocycles. The van der Waals surface area contributed by atoms with Crippen LogP contribution in [0.5, 0.6) is 0 Å². The van der Waals surface area contributed by atoms with E-state index in [0.717, 1.165) is 0 Å². The molecule has 1 aromatic heterocycles.